The van der Waals surface area contributed by atoms with Crippen LogP contribution < -0.4 is 0 Å². The van der Waals surface area contributed by atoms with Gasteiger partial charge in [-0.25, -0.2) is 4.79 Å². The molecule has 1 unspecified atom stereocenters. The molecule has 0 amide bonds. The van der Waals surface area contributed by atoms with Crippen LogP contribution in [0.1, 0.15) is 32.6 Å². The molecule has 2 atom stereocenters. The summed E-state index contributed by atoms with van der Waals surface area (Å²) in [4.78, 5) is 11.0. The summed E-state index contributed by atoms with van der Waals surface area (Å²) in [5.41, 5.74) is -0.190. The summed E-state index contributed by atoms with van der Waals surface area (Å²) in [7, 11) is 0. The summed E-state index contributed by atoms with van der Waals surface area (Å²) in [6.45, 7) is 2.05. The number of rotatable bonds is 0. The Morgan fingerprint density at radius 1 is 1.58 bits per heavy atom. The largest absolute Gasteiger partial charge is 0.456 e. The van der Waals surface area contributed by atoms with Crippen molar-refractivity contribution in [1.29, 1.82) is 0 Å². The number of fused-ring (bicyclic) bond motifs is 1. The predicted molar refractivity (Wildman–Crippen MR) is 45.6 cm³/mol. The highest BCUT2D eigenvalue weighted by Gasteiger charge is 2.40. The van der Waals surface area contributed by atoms with Gasteiger partial charge in [0.05, 0.1) is 0 Å². The minimum Gasteiger partial charge on any atom is -0.456 e. The van der Waals surface area contributed by atoms with E-state index < -0.39 is 0 Å². The molecule has 1 aliphatic carbocycles. The molecular weight excluding hydrogens is 152 g/mol. The van der Waals surface area contributed by atoms with Crippen molar-refractivity contribution in [1.82, 2.24) is 0 Å². The Morgan fingerprint density at radius 3 is 3.25 bits per heavy atom. The average Bonchev–Trinajstić information content (AvgIpc) is 2.02. The third-order valence-corrected chi connectivity index (χ3v) is 3.02. The van der Waals surface area contributed by atoms with Gasteiger partial charge < -0.3 is 4.74 Å². The highest BCUT2D eigenvalue weighted by molar-refractivity contribution is 5.83. The molecule has 0 aromatic heterocycles. The zero-order valence-electron chi connectivity index (χ0n) is 7.38. The smallest absolute Gasteiger partial charge is 0.330 e. The maximum atomic E-state index is 11.0. The monoisotopic (exact) mass is 166 g/mol. The first-order chi connectivity index (χ1) is 5.71. The molecule has 0 N–H and O–H groups in total. The summed E-state index contributed by atoms with van der Waals surface area (Å²) >= 11 is 0. The summed E-state index contributed by atoms with van der Waals surface area (Å²) in [6.07, 6.45) is 8.23. The van der Waals surface area contributed by atoms with Gasteiger partial charge in [-0.05, 0) is 26.2 Å². The fraction of sp³-hybridized carbons (Fsp3) is 0.700. The Hall–Kier alpha value is -0.790. The molecule has 2 rings (SSSR count). The number of ether oxygens (including phenoxy) is 1. The molecule has 1 saturated carbocycles. The van der Waals surface area contributed by atoms with Crippen LogP contribution in [0, 0.1) is 5.92 Å². The lowest BCUT2D eigenvalue weighted by Crippen LogP contribution is -2.43. The van der Waals surface area contributed by atoms with E-state index in [4.69, 9.17) is 4.74 Å². The van der Waals surface area contributed by atoms with Gasteiger partial charge in [-0.1, -0.05) is 12.5 Å². The average molecular weight is 166 g/mol. The van der Waals surface area contributed by atoms with Crippen LogP contribution in [0.3, 0.4) is 0 Å². The molecule has 1 heterocycles. The van der Waals surface area contributed by atoms with Crippen LogP contribution in [0.2, 0.25) is 0 Å². The molecule has 0 bridgehead atoms. The van der Waals surface area contributed by atoms with Gasteiger partial charge in [0, 0.05) is 12.0 Å². The lowest BCUT2D eigenvalue weighted by Gasteiger charge is -2.41. The highest BCUT2D eigenvalue weighted by atomic mass is 16.6. The third-order valence-electron chi connectivity index (χ3n) is 3.02. The fourth-order valence-electron chi connectivity index (χ4n) is 2.22. The molecule has 1 fully saturated rings. The van der Waals surface area contributed by atoms with Crippen LogP contribution in [0.25, 0.3) is 0 Å². The van der Waals surface area contributed by atoms with Crippen LogP contribution in [0.5, 0.6) is 0 Å². The zero-order chi connectivity index (χ0) is 8.60. The van der Waals surface area contributed by atoms with E-state index >= 15 is 0 Å². The van der Waals surface area contributed by atoms with Crippen molar-refractivity contribution in [2.24, 2.45) is 5.92 Å². The van der Waals surface area contributed by atoms with E-state index in [1.165, 1.54) is 19.3 Å². The normalized spacial score (nSPS) is 40.4. The van der Waals surface area contributed by atoms with E-state index in [9.17, 15) is 4.79 Å². The van der Waals surface area contributed by atoms with E-state index in [2.05, 4.69) is 6.92 Å². The van der Waals surface area contributed by atoms with Crippen LogP contribution >= 0.6 is 0 Å². The molecule has 2 nitrogen and oxygen atoms in total. The van der Waals surface area contributed by atoms with E-state index in [1.807, 2.05) is 6.08 Å². The molecule has 0 aromatic carbocycles. The number of esters is 1. The molecule has 1 aliphatic heterocycles. The minimum atomic E-state index is -0.190. The van der Waals surface area contributed by atoms with Gasteiger partial charge in [0.25, 0.3) is 0 Å². The van der Waals surface area contributed by atoms with Crippen molar-refractivity contribution in [3.8, 4) is 0 Å². The lowest BCUT2D eigenvalue weighted by molar-refractivity contribution is -0.161. The molecule has 0 radical (unpaired) electrons. The number of hydrogen-bond acceptors (Lipinski definition) is 2. The molecule has 2 heteroatoms. The molecule has 66 valence electrons. The van der Waals surface area contributed by atoms with Gasteiger partial charge in [0.1, 0.15) is 5.60 Å². The standard InChI is InChI=1S/C10H14O2/c1-10-7-3-2-4-8(10)5-6-9(11)12-10/h5-6,8H,2-4,7H2,1H3/t8?,10-/m1/s1. The number of carbonyl (C=O) groups is 1. The van der Waals surface area contributed by atoms with Gasteiger partial charge in [-0.15, -0.1) is 0 Å². The van der Waals surface area contributed by atoms with Crippen molar-refractivity contribution >= 4 is 5.97 Å². The van der Waals surface area contributed by atoms with E-state index in [0.29, 0.717) is 5.92 Å². The lowest BCUT2D eigenvalue weighted by atomic mass is 9.75. The molecule has 0 saturated heterocycles. The van der Waals surface area contributed by atoms with Crippen LogP contribution in [0.15, 0.2) is 12.2 Å². The Kier molecular flexibility index (Phi) is 1.71. The zero-order valence-corrected chi connectivity index (χ0v) is 7.38. The van der Waals surface area contributed by atoms with Crippen molar-refractivity contribution in [2.75, 3.05) is 0 Å². The highest BCUT2D eigenvalue weighted by Crippen LogP contribution is 2.39. The van der Waals surface area contributed by atoms with E-state index in [0.717, 1.165) is 6.42 Å². The van der Waals surface area contributed by atoms with Crippen molar-refractivity contribution < 1.29 is 9.53 Å². The SMILES string of the molecule is C[C@@]12CCCCC1C=CC(=O)O2. The second-order valence-corrected chi connectivity index (χ2v) is 3.95. The van der Waals surface area contributed by atoms with E-state index in [1.54, 1.807) is 6.08 Å². The van der Waals surface area contributed by atoms with Crippen LogP contribution in [-0.2, 0) is 9.53 Å². The Bertz CT molecular complexity index is 232. The summed E-state index contributed by atoms with van der Waals surface area (Å²) in [5.74, 6) is 0.291. The molecular formula is C10H14O2. The second kappa shape index (κ2) is 2.61. The summed E-state index contributed by atoms with van der Waals surface area (Å²) in [6, 6.07) is 0. The van der Waals surface area contributed by atoms with Gasteiger partial charge >= 0.3 is 5.97 Å². The summed E-state index contributed by atoms with van der Waals surface area (Å²) in [5, 5.41) is 0. The Labute approximate surface area is 72.6 Å². The number of hydrogen-bond donors (Lipinski definition) is 0. The van der Waals surface area contributed by atoms with Crippen molar-refractivity contribution in [3.63, 3.8) is 0 Å². The fourth-order valence-corrected chi connectivity index (χ4v) is 2.22. The molecule has 0 aromatic rings. The van der Waals surface area contributed by atoms with Gasteiger partial charge in [0.2, 0.25) is 0 Å². The third kappa shape index (κ3) is 1.15. The predicted octanol–water partition coefficient (Wildman–Crippen LogP) is 2.05. The minimum absolute atomic E-state index is 0.171. The first-order valence-electron chi connectivity index (χ1n) is 4.62. The molecule has 12 heavy (non-hydrogen) atoms. The van der Waals surface area contributed by atoms with Crippen molar-refractivity contribution in [3.05, 3.63) is 12.2 Å². The first kappa shape index (κ1) is 7.84. The Balaban J connectivity index is 2.23. The number of carbonyl (C=O) groups excluding carboxylic acids is 1. The Morgan fingerprint density at radius 2 is 2.42 bits per heavy atom. The van der Waals surface area contributed by atoms with Gasteiger partial charge in [0.15, 0.2) is 0 Å². The quantitative estimate of drug-likeness (QED) is 0.515. The van der Waals surface area contributed by atoms with Crippen LogP contribution in [-0.4, -0.2) is 11.6 Å². The maximum Gasteiger partial charge on any atom is 0.330 e. The van der Waals surface area contributed by atoms with Crippen LogP contribution in [0.4, 0.5) is 0 Å². The van der Waals surface area contributed by atoms with Gasteiger partial charge in [-0.3, -0.25) is 0 Å². The summed E-state index contributed by atoms with van der Waals surface area (Å²) < 4.78 is 5.35. The first-order valence-corrected chi connectivity index (χ1v) is 4.62. The van der Waals surface area contributed by atoms with Crippen molar-refractivity contribution in [2.45, 2.75) is 38.2 Å². The molecule has 0 spiro atoms. The molecule has 2 aliphatic rings. The van der Waals surface area contributed by atoms with Gasteiger partial charge in [-0.2, -0.15) is 0 Å². The second-order valence-electron chi connectivity index (χ2n) is 3.95. The topological polar surface area (TPSA) is 26.3 Å². The van der Waals surface area contributed by atoms with E-state index in [-0.39, 0.29) is 11.6 Å². The maximum absolute atomic E-state index is 11.0.